The second kappa shape index (κ2) is 7.09. The number of carbonyl (C=O) groups is 2. The lowest BCUT2D eigenvalue weighted by Gasteiger charge is -2.41. The summed E-state index contributed by atoms with van der Waals surface area (Å²) in [5.74, 6) is -0.344. The molecule has 1 heterocycles. The molecular formula is C16H20ClFN2O2. The van der Waals surface area contributed by atoms with E-state index in [4.69, 9.17) is 11.6 Å². The third-order valence-corrected chi connectivity index (χ3v) is 4.07. The number of amides is 1. The first-order chi connectivity index (χ1) is 10.4. The fourth-order valence-electron chi connectivity index (χ4n) is 2.71. The summed E-state index contributed by atoms with van der Waals surface area (Å²) < 4.78 is 13.5. The Hall–Kier alpha value is -1.62. The monoisotopic (exact) mass is 326 g/mol. The molecule has 1 amide bonds. The Morgan fingerprint density at radius 2 is 2.00 bits per heavy atom. The van der Waals surface area contributed by atoms with E-state index in [0.29, 0.717) is 24.7 Å². The highest BCUT2D eigenvalue weighted by Crippen LogP contribution is 2.25. The van der Waals surface area contributed by atoms with E-state index in [1.54, 1.807) is 11.0 Å². The van der Waals surface area contributed by atoms with E-state index >= 15 is 0 Å². The van der Waals surface area contributed by atoms with Crippen LogP contribution in [0, 0.1) is 5.82 Å². The van der Waals surface area contributed by atoms with Gasteiger partial charge in [0.05, 0.1) is 0 Å². The molecule has 6 heteroatoms. The summed E-state index contributed by atoms with van der Waals surface area (Å²) in [5, 5.41) is 0.363. The fraction of sp³-hybridized carbons (Fsp3) is 0.500. The lowest BCUT2D eigenvalue weighted by atomic mass is 10.1. The van der Waals surface area contributed by atoms with Crippen molar-refractivity contribution >= 4 is 29.0 Å². The van der Waals surface area contributed by atoms with Crippen LogP contribution in [-0.4, -0.2) is 42.3 Å². The van der Waals surface area contributed by atoms with Crippen molar-refractivity contribution < 1.29 is 14.0 Å². The fourth-order valence-corrected chi connectivity index (χ4v) is 2.93. The van der Waals surface area contributed by atoms with Gasteiger partial charge in [-0.2, -0.15) is 0 Å². The molecule has 0 aliphatic carbocycles. The zero-order valence-corrected chi connectivity index (χ0v) is 13.6. The van der Waals surface area contributed by atoms with Crippen molar-refractivity contribution in [2.45, 2.75) is 32.7 Å². The second-order valence-electron chi connectivity index (χ2n) is 5.71. The molecule has 0 spiro atoms. The smallest absolute Gasteiger partial charge is 0.223 e. The molecule has 0 N–H and O–H groups in total. The van der Waals surface area contributed by atoms with Gasteiger partial charge in [-0.1, -0.05) is 11.6 Å². The van der Waals surface area contributed by atoms with E-state index in [0.717, 1.165) is 5.69 Å². The van der Waals surface area contributed by atoms with Gasteiger partial charge in [-0.15, -0.1) is 0 Å². The molecule has 0 radical (unpaired) electrons. The number of halogens is 2. The zero-order valence-electron chi connectivity index (χ0n) is 12.8. The maximum Gasteiger partial charge on any atom is 0.223 e. The van der Waals surface area contributed by atoms with Gasteiger partial charge in [-0.25, -0.2) is 4.39 Å². The lowest BCUT2D eigenvalue weighted by molar-refractivity contribution is -0.133. The van der Waals surface area contributed by atoms with Crippen LogP contribution in [0.2, 0.25) is 5.02 Å². The number of nitrogens with zero attached hydrogens (tertiary/aromatic N) is 2. The minimum atomic E-state index is -0.366. The van der Waals surface area contributed by atoms with Crippen LogP contribution in [0.1, 0.15) is 26.7 Å². The molecule has 1 saturated heterocycles. The Balaban J connectivity index is 2.00. The van der Waals surface area contributed by atoms with Crippen molar-refractivity contribution in [2.75, 3.05) is 24.5 Å². The van der Waals surface area contributed by atoms with Crippen LogP contribution in [0.15, 0.2) is 18.2 Å². The SMILES string of the molecule is CC(=O)CCC(=O)N1CCN(c2cc(F)cc(Cl)c2)[C@@H](C)C1. The first-order valence-corrected chi connectivity index (χ1v) is 7.74. The predicted molar refractivity (Wildman–Crippen MR) is 84.7 cm³/mol. The van der Waals surface area contributed by atoms with Crippen LogP contribution in [0.4, 0.5) is 10.1 Å². The third-order valence-electron chi connectivity index (χ3n) is 3.85. The summed E-state index contributed by atoms with van der Waals surface area (Å²) in [6, 6.07) is 4.52. The average molecular weight is 327 g/mol. The Labute approximate surface area is 134 Å². The maximum atomic E-state index is 13.5. The molecule has 22 heavy (non-hydrogen) atoms. The van der Waals surface area contributed by atoms with E-state index in [1.165, 1.54) is 19.1 Å². The highest BCUT2D eigenvalue weighted by Gasteiger charge is 2.27. The van der Waals surface area contributed by atoms with Gasteiger partial charge in [0.1, 0.15) is 11.6 Å². The standard InChI is InChI=1S/C16H20ClFN2O2/c1-11-10-19(16(22)4-3-12(2)21)5-6-20(11)15-8-13(17)7-14(18)9-15/h7-9,11H,3-6,10H2,1-2H3/t11-/m0/s1. The van der Waals surface area contributed by atoms with Gasteiger partial charge in [-0.05, 0) is 32.0 Å². The van der Waals surface area contributed by atoms with Gasteiger partial charge in [0.15, 0.2) is 0 Å². The van der Waals surface area contributed by atoms with Crippen molar-refractivity contribution in [1.29, 1.82) is 0 Å². The molecule has 1 aromatic rings. The van der Waals surface area contributed by atoms with Crippen molar-refractivity contribution in [1.82, 2.24) is 4.90 Å². The van der Waals surface area contributed by atoms with Crippen LogP contribution in [0.3, 0.4) is 0 Å². The lowest BCUT2D eigenvalue weighted by Crippen LogP contribution is -2.53. The maximum absolute atomic E-state index is 13.5. The van der Waals surface area contributed by atoms with Crippen LogP contribution in [-0.2, 0) is 9.59 Å². The molecule has 4 nitrogen and oxygen atoms in total. The summed E-state index contributed by atoms with van der Waals surface area (Å²) in [6.07, 6.45) is 0.542. The van der Waals surface area contributed by atoms with Gasteiger partial charge in [0.25, 0.3) is 0 Å². The quantitative estimate of drug-likeness (QED) is 0.854. The number of piperazine rings is 1. The van der Waals surface area contributed by atoms with Gasteiger partial charge < -0.3 is 14.6 Å². The zero-order chi connectivity index (χ0) is 16.3. The molecule has 0 unspecified atom stereocenters. The highest BCUT2D eigenvalue weighted by molar-refractivity contribution is 6.30. The first-order valence-electron chi connectivity index (χ1n) is 7.37. The topological polar surface area (TPSA) is 40.6 Å². The Kier molecular flexibility index (Phi) is 5.40. The molecule has 2 rings (SSSR count). The molecule has 1 aliphatic rings. The van der Waals surface area contributed by atoms with Crippen molar-refractivity contribution in [3.63, 3.8) is 0 Å². The third kappa shape index (κ3) is 4.19. The van der Waals surface area contributed by atoms with Gasteiger partial charge in [0, 0.05) is 49.2 Å². The molecule has 1 fully saturated rings. The van der Waals surface area contributed by atoms with Crippen LogP contribution >= 0.6 is 11.6 Å². The number of Topliss-reactive ketones (excluding diaryl/α,β-unsaturated/α-hetero) is 1. The number of rotatable bonds is 4. The number of benzene rings is 1. The van der Waals surface area contributed by atoms with Crippen LogP contribution in [0.25, 0.3) is 0 Å². The summed E-state index contributed by atoms with van der Waals surface area (Å²) in [4.78, 5) is 26.9. The molecule has 1 atom stereocenters. The van der Waals surface area contributed by atoms with Gasteiger partial charge >= 0.3 is 0 Å². The van der Waals surface area contributed by atoms with E-state index in [2.05, 4.69) is 0 Å². The average Bonchev–Trinajstić information content (AvgIpc) is 2.43. The molecule has 0 bridgehead atoms. The van der Waals surface area contributed by atoms with Crippen molar-refractivity contribution in [2.24, 2.45) is 0 Å². The van der Waals surface area contributed by atoms with Crippen molar-refractivity contribution in [3.05, 3.63) is 29.0 Å². The van der Waals surface area contributed by atoms with Gasteiger partial charge in [-0.3, -0.25) is 4.79 Å². The minimum absolute atomic E-state index is 0.000949. The van der Waals surface area contributed by atoms with Crippen LogP contribution < -0.4 is 4.90 Å². The number of anilines is 1. The summed E-state index contributed by atoms with van der Waals surface area (Å²) in [7, 11) is 0. The van der Waals surface area contributed by atoms with Crippen molar-refractivity contribution in [3.8, 4) is 0 Å². The molecule has 120 valence electrons. The first kappa shape index (κ1) is 16.7. The highest BCUT2D eigenvalue weighted by atomic mass is 35.5. The summed E-state index contributed by atoms with van der Waals surface area (Å²) in [6.45, 7) is 5.22. The van der Waals surface area contributed by atoms with Crippen LogP contribution in [0.5, 0.6) is 0 Å². The second-order valence-corrected chi connectivity index (χ2v) is 6.15. The molecule has 1 aliphatic heterocycles. The Morgan fingerprint density at radius 1 is 1.27 bits per heavy atom. The summed E-state index contributed by atoms with van der Waals surface area (Å²) >= 11 is 5.90. The Morgan fingerprint density at radius 3 is 2.59 bits per heavy atom. The summed E-state index contributed by atoms with van der Waals surface area (Å²) in [5.41, 5.74) is 0.730. The van der Waals surface area contributed by atoms with Gasteiger partial charge in [0.2, 0.25) is 5.91 Å². The molecule has 0 saturated carbocycles. The van der Waals surface area contributed by atoms with E-state index in [9.17, 15) is 14.0 Å². The number of carbonyl (C=O) groups excluding carboxylic acids is 2. The van der Waals surface area contributed by atoms with E-state index in [-0.39, 0.29) is 36.4 Å². The molecule has 0 aromatic heterocycles. The number of hydrogen-bond acceptors (Lipinski definition) is 3. The normalized spacial score (nSPS) is 18.5. The molecule has 1 aromatic carbocycles. The number of ketones is 1. The largest absolute Gasteiger partial charge is 0.365 e. The van der Waals surface area contributed by atoms with E-state index < -0.39 is 0 Å². The van der Waals surface area contributed by atoms with E-state index in [1.807, 2.05) is 11.8 Å². The number of hydrogen-bond donors (Lipinski definition) is 0. The Bertz CT molecular complexity index is 559. The predicted octanol–water partition coefficient (Wildman–Crippen LogP) is 2.89. The molecular weight excluding hydrogens is 307 g/mol. The minimum Gasteiger partial charge on any atom is -0.365 e.